The zero-order valence-electron chi connectivity index (χ0n) is 11.2. The predicted octanol–water partition coefficient (Wildman–Crippen LogP) is 3.12. The van der Waals surface area contributed by atoms with E-state index < -0.39 is 0 Å². The van der Waals surface area contributed by atoms with Gasteiger partial charge in [-0.3, -0.25) is 9.36 Å². The van der Waals surface area contributed by atoms with Crippen LogP contribution in [0.25, 0.3) is 0 Å². The van der Waals surface area contributed by atoms with Crippen LogP contribution in [0.15, 0.2) is 43.0 Å². The first-order valence-corrected chi connectivity index (χ1v) is 6.40. The Balaban J connectivity index is 1.81. The van der Waals surface area contributed by atoms with Gasteiger partial charge in [-0.15, -0.1) is 0 Å². The summed E-state index contributed by atoms with van der Waals surface area (Å²) in [6.07, 6.45) is 5.06. The Bertz CT molecular complexity index is 516. The Labute approximate surface area is 113 Å². The maximum Gasteiger partial charge on any atom is 0.235 e. The standard InChI is InChI=1S/C15H18N2O2/c1-12(2)13-3-5-14(6-4-13)19-10-7-15(18)17-9-8-16-11-17/h3-6,8-9,11-12H,7,10H2,1-2H3. The van der Waals surface area contributed by atoms with Gasteiger partial charge in [-0.1, -0.05) is 26.0 Å². The van der Waals surface area contributed by atoms with Gasteiger partial charge in [0, 0.05) is 12.4 Å². The fourth-order valence-corrected chi connectivity index (χ4v) is 1.74. The normalized spacial score (nSPS) is 10.7. The summed E-state index contributed by atoms with van der Waals surface area (Å²) in [6, 6.07) is 7.99. The molecule has 0 aliphatic rings. The van der Waals surface area contributed by atoms with E-state index in [0.29, 0.717) is 18.9 Å². The molecule has 0 atom stereocenters. The van der Waals surface area contributed by atoms with E-state index in [2.05, 4.69) is 31.0 Å². The number of hydrogen-bond acceptors (Lipinski definition) is 3. The molecule has 0 bridgehead atoms. The van der Waals surface area contributed by atoms with Crippen LogP contribution < -0.4 is 4.74 Å². The van der Waals surface area contributed by atoms with Crippen molar-refractivity contribution in [3.63, 3.8) is 0 Å². The van der Waals surface area contributed by atoms with Crippen LogP contribution in [0.2, 0.25) is 0 Å². The average Bonchev–Trinajstić information content (AvgIpc) is 2.93. The number of imidazole rings is 1. The van der Waals surface area contributed by atoms with Crippen molar-refractivity contribution in [1.82, 2.24) is 9.55 Å². The van der Waals surface area contributed by atoms with Gasteiger partial charge in [0.2, 0.25) is 5.91 Å². The second kappa shape index (κ2) is 6.18. The predicted molar refractivity (Wildman–Crippen MR) is 73.5 cm³/mol. The molecule has 1 heterocycles. The van der Waals surface area contributed by atoms with Crippen molar-refractivity contribution in [3.8, 4) is 5.75 Å². The summed E-state index contributed by atoms with van der Waals surface area (Å²) < 4.78 is 7.02. The second-order valence-corrected chi connectivity index (χ2v) is 4.69. The van der Waals surface area contributed by atoms with E-state index in [1.165, 1.54) is 16.5 Å². The van der Waals surface area contributed by atoms with Crippen molar-refractivity contribution in [2.75, 3.05) is 6.61 Å². The summed E-state index contributed by atoms with van der Waals surface area (Å²) in [6.45, 7) is 4.68. The maximum absolute atomic E-state index is 11.7. The van der Waals surface area contributed by atoms with E-state index in [0.717, 1.165) is 5.75 Å². The molecule has 0 spiro atoms. The Hall–Kier alpha value is -2.10. The molecule has 4 heteroatoms. The van der Waals surface area contributed by atoms with Gasteiger partial charge in [0.1, 0.15) is 12.1 Å². The molecule has 0 unspecified atom stereocenters. The molecule has 0 aliphatic heterocycles. The lowest BCUT2D eigenvalue weighted by molar-refractivity contribution is 0.0881. The van der Waals surface area contributed by atoms with Crippen molar-refractivity contribution in [1.29, 1.82) is 0 Å². The highest BCUT2D eigenvalue weighted by molar-refractivity contribution is 5.78. The van der Waals surface area contributed by atoms with E-state index in [1.807, 2.05) is 12.1 Å². The third-order valence-corrected chi connectivity index (χ3v) is 2.92. The lowest BCUT2D eigenvalue weighted by Crippen LogP contribution is -2.12. The van der Waals surface area contributed by atoms with E-state index in [-0.39, 0.29) is 5.91 Å². The molecule has 1 aromatic heterocycles. The molecule has 0 aliphatic carbocycles. The van der Waals surface area contributed by atoms with Gasteiger partial charge in [-0.25, -0.2) is 4.98 Å². The minimum Gasteiger partial charge on any atom is -0.493 e. The first kappa shape index (κ1) is 13.3. The summed E-state index contributed by atoms with van der Waals surface area (Å²) in [7, 11) is 0. The molecule has 0 saturated carbocycles. The minimum absolute atomic E-state index is 0.0173. The van der Waals surface area contributed by atoms with Gasteiger partial charge in [-0.2, -0.15) is 0 Å². The summed E-state index contributed by atoms with van der Waals surface area (Å²) >= 11 is 0. The van der Waals surface area contributed by atoms with Gasteiger partial charge in [0.05, 0.1) is 13.0 Å². The Morgan fingerprint density at radius 2 is 2.05 bits per heavy atom. The molecule has 0 N–H and O–H groups in total. The molecule has 2 aromatic rings. The minimum atomic E-state index is -0.0173. The summed E-state index contributed by atoms with van der Waals surface area (Å²) in [5, 5.41) is 0. The lowest BCUT2D eigenvalue weighted by atomic mass is 10.0. The Kier molecular flexibility index (Phi) is 4.34. The topological polar surface area (TPSA) is 44.1 Å². The summed E-state index contributed by atoms with van der Waals surface area (Å²) in [4.78, 5) is 15.5. The number of carbonyl (C=O) groups is 1. The number of aromatic nitrogens is 2. The van der Waals surface area contributed by atoms with Gasteiger partial charge in [0.15, 0.2) is 0 Å². The van der Waals surface area contributed by atoms with Crippen LogP contribution in [0.3, 0.4) is 0 Å². The van der Waals surface area contributed by atoms with Gasteiger partial charge < -0.3 is 4.74 Å². The zero-order chi connectivity index (χ0) is 13.7. The molecule has 19 heavy (non-hydrogen) atoms. The highest BCUT2D eigenvalue weighted by atomic mass is 16.5. The molecular formula is C15H18N2O2. The van der Waals surface area contributed by atoms with Crippen molar-refractivity contribution >= 4 is 5.91 Å². The van der Waals surface area contributed by atoms with Crippen LogP contribution >= 0.6 is 0 Å². The van der Waals surface area contributed by atoms with Crippen LogP contribution in [0, 0.1) is 0 Å². The zero-order valence-corrected chi connectivity index (χ0v) is 11.2. The third-order valence-electron chi connectivity index (χ3n) is 2.92. The average molecular weight is 258 g/mol. The molecule has 0 radical (unpaired) electrons. The molecular weight excluding hydrogens is 240 g/mol. The number of nitrogens with zero attached hydrogens (tertiary/aromatic N) is 2. The van der Waals surface area contributed by atoms with Gasteiger partial charge in [0.25, 0.3) is 0 Å². The van der Waals surface area contributed by atoms with E-state index >= 15 is 0 Å². The smallest absolute Gasteiger partial charge is 0.235 e. The Morgan fingerprint density at radius 3 is 2.63 bits per heavy atom. The summed E-state index contributed by atoms with van der Waals surface area (Å²) in [5.74, 6) is 1.29. The van der Waals surface area contributed by atoms with Crippen molar-refractivity contribution in [3.05, 3.63) is 48.5 Å². The highest BCUT2D eigenvalue weighted by Gasteiger charge is 2.04. The van der Waals surface area contributed by atoms with Crippen molar-refractivity contribution < 1.29 is 9.53 Å². The maximum atomic E-state index is 11.7. The monoisotopic (exact) mass is 258 g/mol. The number of rotatable bonds is 5. The third kappa shape index (κ3) is 3.68. The largest absolute Gasteiger partial charge is 0.493 e. The van der Waals surface area contributed by atoms with Gasteiger partial charge >= 0.3 is 0 Å². The van der Waals surface area contributed by atoms with E-state index in [4.69, 9.17) is 4.74 Å². The molecule has 1 aromatic carbocycles. The number of ether oxygens (including phenoxy) is 1. The quantitative estimate of drug-likeness (QED) is 0.827. The van der Waals surface area contributed by atoms with Crippen molar-refractivity contribution in [2.24, 2.45) is 0 Å². The molecule has 4 nitrogen and oxygen atoms in total. The molecule has 100 valence electrons. The summed E-state index contributed by atoms with van der Waals surface area (Å²) in [5.41, 5.74) is 1.28. The van der Waals surface area contributed by atoms with E-state index in [9.17, 15) is 4.79 Å². The SMILES string of the molecule is CC(C)c1ccc(OCCC(=O)n2ccnc2)cc1. The van der Waals surface area contributed by atoms with Crippen molar-refractivity contribution in [2.45, 2.75) is 26.2 Å². The molecule has 2 rings (SSSR count). The van der Waals surface area contributed by atoms with Crippen LogP contribution in [0.1, 0.15) is 36.5 Å². The highest BCUT2D eigenvalue weighted by Crippen LogP contribution is 2.18. The van der Waals surface area contributed by atoms with Crippen LogP contribution in [-0.2, 0) is 0 Å². The number of benzene rings is 1. The van der Waals surface area contributed by atoms with Crippen LogP contribution in [0.5, 0.6) is 5.75 Å². The number of hydrogen-bond donors (Lipinski definition) is 0. The first-order valence-electron chi connectivity index (χ1n) is 6.40. The fraction of sp³-hybridized carbons (Fsp3) is 0.333. The number of carbonyl (C=O) groups excluding carboxylic acids is 1. The fourth-order valence-electron chi connectivity index (χ4n) is 1.74. The lowest BCUT2D eigenvalue weighted by Gasteiger charge is -2.08. The first-order chi connectivity index (χ1) is 9.16. The second-order valence-electron chi connectivity index (χ2n) is 4.69. The molecule has 0 saturated heterocycles. The van der Waals surface area contributed by atoms with Gasteiger partial charge in [-0.05, 0) is 23.6 Å². The Morgan fingerprint density at radius 1 is 1.32 bits per heavy atom. The molecule has 0 fully saturated rings. The molecule has 0 amide bonds. The van der Waals surface area contributed by atoms with Crippen LogP contribution in [-0.4, -0.2) is 22.1 Å². The van der Waals surface area contributed by atoms with E-state index in [1.54, 1.807) is 12.4 Å². The van der Waals surface area contributed by atoms with Crippen LogP contribution in [0.4, 0.5) is 0 Å².